The Balaban J connectivity index is 2.09. The highest BCUT2D eigenvalue weighted by atomic mass is 127. The summed E-state index contributed by atoms with van der Waals surface area (Å²) in [5.41, 5.74) is 1.27. The fourth-order valence-electron chi connectivity index (χ4n) is 1.79. The van der Waals surface area contributed by atoms with Crippen LogP contribution in [0.2, 0.25) is 0 Å². The third-order valence-corrected chi connectivity index (χ3v) is 3.90. The molecule has 1 fully saturated rings. The molecular formula is C12H14INO2. The quantitative estimate of drug-likeness (QED) is 0.614. The van der Waals surface area contributed by atoms with E-state index >= 15 is 0 Å². The van der Waals surface area contributed by atoms with Crippen LogP contribution >= 0.6 is 22.6 Å². The van der Waals surface area contributed by atoms with E-state index in [0.29, 0.717) is 6.61 Å². The molecule has 1 aromatic carbocycles. The van der Waals surface area contributed by atoms with Crippen LogP contribution in [-0.2, 0) is 16.1 Å². The Labute approximate surface area is 109 Å². The average molecular weight is 331 g/mol. The van der Waals surface area contributed by atoms with Crippen molar-refractivity contribution in [3.05, 3.63) is 33.4 Å². The lowest BCUT2D eigenvalue weighted by Crippen LogP contribution is -2.46. The summed E-state index contributed by atoms with van der Waals surface area (Å²) in [7, 11) is 0. The van der Waals surface area contributed by atoms with Crippen LogP contribution in [0.1, 0.15) is 12.5 Å². The standard InChI is InChI=1S/C12H14INO2/c1-9-12(15)16-7-6-14(9)8-10-4-2-3-5-11(10)13/h2-5,9H,6-8H2,1H3/t9-/m0/s1. The minimum atomic E-state index is -0.134. The summed E-state index contributed by atoms with van der Waals surface area (Å²) in [6, 6.07) is 8.12. The molecule has 1 heterocycles. The van der Waals surface area contributed by atoms with Gasteiger partial charge in [-0.3, -0.25) is 9.69 Å². The number of esters is 1. The van der Waals surface area contributed by atoms with E-state index in [-0.39, 0.29) is 12.0 Å². The van der Waals surface area contributed by atoms with Crippen LogP contribution in [0, 0.1) is 3.57 Å². The van der Waals surface area contributed by atoms with E-state index in [4.69, 9.17) is 4.74 Å². The summed E-state index contributed by atoms with van der Waals surface area (Å²) >= 11 is 2.33. The van der Waals surface area contributed by atoms with Crippen molar-refractivity contribution in [2.24, 2.45) is 0 Å². The van der Waals surface area contributed by atoms with Crippen LogP contribution < -0.4 is 0 Å². The number of benzene rings is 1. The molecule has 1 atom stereocenters. The molecule has 1 aliphatic heterocycles. The van der Waals surface area contributed by atoms with Gasteiger partial charge in [-0.25, -0.2) is 0 Å². The minimum absolute atomic E-state index is 0.114. The van der Waals surface area contributed by atoms with Gasteiger partial charge in [-0.05, 0) is 41.1 Å². The minimum Gasteiger partial charge on any atom is -0.463 e. The zero-order chi connectivity index (χ0) is 11.5. The van der Waals surface area contributed by atoms with E-state index in [0.717, 1.165) is 13.1 Å². The molecule has 2 rings (SSSR count). The lowest BCUT2D eigenvalue weighted by Gasteiger charge is -2.31. The Morgan fingerprint density at radius 1 is 1.50 bits per heavy atom. The van der Waals surface area contributed by atoms with E-state index in [1.165, 1.54) is 9.13 Å². The molecule has 1 aromatic rings. The maximum atomic E-state index is 11.4. The SMILES string of the molecule is C[C@H]1C(=O)OCCN1Cc1ccccc1I. The predicted molar refractivity (Wildman–Crippen MR) is 70.0 cm³/mol. The summed E-state index contributed by atoms with van der Waals surface area (Å²) in [5, 5.41) is 0. The molecule has 1 saturated heterocycles. The smallest absolute Gasteiger partial charge is 0.323 e. The molecule has 0 amide bonds. The molecular weight excluding hydrogens is 317 g/mol. The van der Waals surface area contributed by atoms with Gasteiger partial charge in [0.2, 0.25) is 0 Å². The van der Waals surface area contributed by atoms with Crippen LogP contribution in [0.4, 0.5) is 0 Å². The lowest BCUT2D eigenvalue weighted by molar-refractivity contribution is -0.156. The van der Waals surface area contributed by atoms with Crippen LogP contribution in [0.25, 0.3) is 0 Å². The van der Waals surface area contributed by atoms with E-state index in [1.807, 2.05) is 19.1 Å². The molecule has 0 bridgehead atoms. The third-order valence-electron chi connectivity index (χ3n) is 2.84. The Morgan fingerprint density at radius 2 is 2.25 bits per heavy atom. The number of nitrogens with zero attached hydrogens (tertiary/aromatic N) is 1. The van der Waals surface area contributed by atoms with Crippen molar-refractivity contribution in [2.75, 3.05) is 13.2 Å². The van der Waals surface area contributed by atoms with Gasteiger partial charge in [0.05, 0.1) is 0 Å². The van der Waals surface area contributed by atoms with Gasteiger partial charge in [0.15, 0.2) is 0 Å². The topological polar surface area (TPSA) is 29.5 Å². The number of rotatable bonds is 2. The second-order valence-corrected chi connectivity index (χ2v) is 5.07. The van der Waals surface area contributed by atoms with Crippen LogP contribution in [0.15, 0.2) is 24.3 Å². The molecule has 86 valence electrons. The lowest BCUT2D eigenvalue weighted by atomic mass is 10.1. The van der Waals surface area contributed by atoms with Crippen molar-refractivity contribution in [2.45, 2.75) is 19.5 Å². The van der Waals surface area contributed by atoms with Crippen molar-refractivity contribution in [3.8, 4) is 0 Å². The maximum Gasteiger partial charge on any atom is 0.323 e. The molecule has 4 heteroatoms. The second-order valence-electron chi connectivity index (χ2n) is 3.91. The average Bonchev–Trinajstić information content (AvgIpc) is 2.28. The third kappa shape index (κ3) is 2.55. The van der Waals surface area contributed by atoms with Crippen molar-refractivity contribution in [1.29, 1.82) is 0 Å². The highest BCUT2D eigenvalue weighted by Crippen LogP contribution is 2.17. The highest BCUT2D eigenvalue weighted by molar-refractivity contribution is 14.1. The van der Waals surface area contributed by atoms with Gasteiger partial charge in [-0.2, -0.15) is 0 Å². The first-order chi connectivity index (χ1) is 7.68. The van der Waals surface area contributed by atoms with Gasteiger partial charge in [-0.1, -0.05) is 18.2 Å². The molecule has 0 aliphatic carbocycles. The van der Waals surface area contributed by atoms with Gasteiger partial charge in [0.1, 0.15) is 12.6 Å². The molecule has 0 unspecified atom stereocenters. The first kappa shape index (κ1) is 11.9. The maximum absolute atomic E-state index is 11.4. The number of ether oxygens (including phenoxy) is 1. The van der Waals surface area contributed by atoms with Gasteiger partial charge in [0, 0.05) is 16.7 Å². The van der Waals surface area contributed by atoms with Gasteiger partial charge >= 0.3 is 5.97 Å². The monoisotopic (exact) mass is 331 g/mol. The Morgan fingerprint density at radius 3 is 3.00 bits per heavy atom. The second kappa shape index (κ2) is 5.14. The normalized spacial score (nSPS) is 21.9. The van der Waals surface area contributed by atoms with Crippen molar-refractivity contribution >= 4 is 28.6 Å². The van der Waals surface area contributed by atoms with Crippen molar-refractivity contribution < 1.29 is 9.53 Å². The van der Waals surface area contributed by atoms with Crippen molar-refractivity contribution in [1.82, 2.24) is 4.90 Å². The fraction of sp³-hybridized carbons (Fsp3) is 0.417. The van der Waals surface area contributed by atoms with E-state index in [1.54, 1.807) is 0 Å². The Kier molecular flexibility index (Phi) is 3.81. The molecule has 0 saturated carbocycles. The van der Waals surface area contributed by atoms with Gasteiger partial charge in [0.25, 0.3) is 0 Å². The summed E-state index contributed by atoms with van der Waals surface area (Å²) in [6.07, 6.45) is 0. The van der Waals surface area contributed by atoms with Gasteiger partial charge < -0.3 is 4.74 Å². The van der Waals surface area contributed by atoms with E-state index in [2.05, 4.69) is 39.6 Å². The molecule has 16 heavy (non-hydrogen) atoms. The number of carbonyl (C=O) groups is 1. The number of halogens is 1. The highest BCUT2D eigenvalue weighted by Gasteiger charge is 2.27. The number of morpholine rings is 1. The largest absolute Gasteiger partial charge is 0.463 e. The first-order valence-electron chi connectivity index (χ1n) is 5.32. The van der Waals surface area contributed by atoms with Crippen LogP contribution in [0.5, 0.6) is 0 Å². The summed E-state index contributed by atoms with van der Waals surface area (Å²) in [6.45, 7) is 4.04. The summed E-state index contributed by atoms with van der Waals surface area (Å²) in [5.74, 6) is -0.114. The van der Waals surface area contributed by atoms with Crippen molar-refractivity contribution in [3.63, 3.8) is 0 Å². The number of cyclic esters (lactones) is 1. The number of hydrogen-bond donors (Lipinski definition) is 0. The Bertz CT molecular complexity index is 394. The summed E-state index contributed by atoms with van der Waals surface area (Å²) < 4.78 is 6.25. The first-order valence-corrected chi connectivity index (χ1v) is 6.40. The molecule has 3 nitrogen and oxygen atoms in total. The number of carbonyl (C=O) groups excluding carboxylic acids is 1. The van der Waals surface area contributed by atoms with E-state index in [9.17, 15) is 4.79 Å². The molecule has 1 aliphatic rings. The molecule has 0 radical (unpaired) electrons. The van der Waals surface area contributed by atoms with E-state index < -0.39 is 0 Å². The fourth-order valence-corrected chi connectivity index (χ4v) is 2.35. The molecule has 0 spiro atoms. The predicted octanol–water partition coefficient (Wildman–Crippen LogP) is 2.04. The molecule has 0 N–H and O–H groups in total. The number of hydrogen-bond acceptors (Lipinski definition) is 3. The Hall–Kier alpha value is -0.620. The zero-order valence-corrected chi connectivity index (χ0v) is 11.3. The zero-order valence-electron chi connectivity index (χ0n) is 9.15. The summed E-state index contributed by atoms with van der Waals surface area (Å²) in [4.78, 5) is 13.6. The molecule has 0 aromatic heterocycles. The van der Waals surface area contributed by atoms with Gasteiger partial charge in [-0.15, -0.1) is 0 Å². The van der Waals surface area contributed by atoms with Crippen LogP contribution in [0.3, 0.4) is 0 Å². The van der Waals surface area contributed by atoms with Crippen LogP contribution in [-0.4, -0.2) is 30.1 Å².